The van der Waals surface area contributed by atoms with Gasteiger partial charge in [-0.25, -0.2) is 4.39 Å². The van der Waals surface area contributed by atoms with E-state index in [0.29, 0.717) is 5.92 Å². The summed E-state index contributed by atoms with van der Waals surface area (Å²) in [7, 11) is 2.12. The molecule has 2 saturated heterocycles. The molecule has 2 fully saturated rings. The molecule has 1 aromatic heterocycles. The number of amides is 1. The van der Waals surface area contributed by atoms with Gasteiger partial charge in [-0.2, -0.15) is 0 Å². The Hall–Kier alpha value is -1.72. The van der Waals surface area contributed by atoms with Crippen LogP contribution in [0.1, 0.15) is 52.4 Å². The first-order valence-electron chi connectivity index (χ1n) is 9.91. The molecule has 0 aliphatic carbocycles. The Labute approximate surface area is 164 Å². The molecular weight excluding hydrogens is 359 g/mol. The van der Waals surface area contributed by atoms with Crippen LogP contribution < -0.4 is 0 Å². The summed E-state index contributed by atoms with van der Waals surface area (Å²) < 4.78 is 14.8. The van der Waals surface area contributed by atoms with Crippen LogP contribution in [0.4, 0.5) is 4.39 Å². The number of hydrogen-bond donors (Lipinski definition) is 0. The summed E-state index contributed by atoms with van der Waals surface area (Å²) in [6.45, 7) is 5.74. The first-order chi connectivity index (χ1) is 13.0. The molecule has 1 aromatic carbocycles. The number of nitrogens with zero attached hydrogens (tertiary/aromatic N) is 2. The maximum absolute atomic E-state index is 14.8. The molecule has 144 valence electrons. The number of likely N-dealkylation sites (tertiary alicyclic amines) is 2. The molecule has 3 nitrogen and oxygen atoms in total. The van der Waals surface area contributed by atoms with Gasteiger partial charge in [0.2, 0.25) is 0 Å². The van der Waals surface area contributed by atoms with Crippen LogP contribution in [0.3, 0.4) is 0 Å². The summed E-state index contributed by atoms with van der Waals surface area (Å²) in [6.07, 6.45) is 4.21. The van der Waals surface area contributed by atoms with Crippen LogP contribution in [0.5, 0.6) is 0 Å². The van der Waals surface area contributed by atoms with E-state index in [4.69, 9.17) is 0 Å². The fourth-order valence-electron chi connectivity index (χ4n) is 4.23. The number of carbonyl (C=O) groups is 1. The second-order valence-electron chi connectivity index (χ2n) is 7.94. The highest BCUT2D eigenvalue weighted by Gasteiger charge is 2.24. The first-order valence-corrected chi connectivity index (χ1v) is 10.7. The summed E-state index contributed by atoms with van der Waals surface area (Å²) in [4.78, 5) is 18.7. The van der Waals surface area contributed by atoms with Crippen molar-refractivity contribution in [2.75, 3.05) is 33.2 Å². The van der Waals surface area contributed by atoms with E-state index in [1.54, 1.807) is 6.07 Å². The molecule has 4 rings (SSSR count). The van der Waals surface area contributed by atoms with Crippen LogP contribution in [-0.4, -0.2) is 48.9 Å². The highest BCUT2D eigenvalue weighted by molar-refractivity contribution is 7.17. The summed E-state index contributed by atoms with van der Waals surface area (Å²) in [5, 5.41) is 0. The van der Waals surface area contributed by atoms with Crippen molar-refractivity contribution in [3.63, 3.8) is 0 Å². The Morgan fingerprint density at radius 1 is 1.11 bits per heavy atom. The smallest absolute Gasteiger partial charge is 0.264 e. The number of halogens is 1. The number of piperidine rings is 1. The zero-order valence-electron chi connectivity index (χ0n) is 16.1. The van der Waals surface area contributed by atoms with Gasteiger partial charge in [0, 0.05) is 18.0 Å². The van der Waals surface area contributed by atoms with Gasteiger partial charge in [-0.3, -0.25) is 4.79 Å². The highest BCUT2D eigenvalue weighted by Crippen LogP contribution is 2.36. The number of rotatable bonds is 3. The molecular formula is C22H27FN2OS. The standard InChI is InChI=1S/C22H27FN2OS/c1-15-13-20(27-21(15)22(26)25-9-3-4-10-25)17-5-6-18(19(23)14-17)16-7-11-24(2)12-8-16/h5-6,13-14,16H,3-4,7-12H2,1-2H3. The predicted octanol–water partition coefficient (Wildman–Crippen LogP) is 4.91. The van der Waals surface area contributed by atoms with Crippen molar-refractivity contribution in [3.8, 4) is 10.4 Å². The topological polar surface area (TPSA) is 23.6 Å². The van der Waals surface area contributed by atoms with Gasteiger partial charge >= 0.3 is 0 Å². The molecule has 5 heteroatoms. The minimum atomic E-state index is -0.111. The molecule has 0 spiro atoms. The van der Waals surface area contributed by atoms with Gasteiger partial charge in [-0.1, -0.05) is 12.1 Å². The highest BCUT2D eigenvalue weighted by atomic mass is 32.1. The minimum absolute atomic E-state index is 0.111. The molecule has 0 N–H and O–H groups in total. The largest absolute Gasteiger partial charge is 0.338 e. The Morgan fingerprint density at radius 3 is 2.48 bits per heavy atom. The van der Waals surface area contributed by atoms with Gasteiger partial charge in [0.05, 0.1) is 4.88 Å². The zero-order chi connectivity index (χ0) is 19.0. The second-order valence-corrected chi connectivity index (χ2v) is 8.99. The third-order valence-corrected chi connectivity index (χ3v) is 7.22. The normalized spacial score (nSPS) is 19.0. The van der Waals surface area contributed by atoms with Crippen LogP contribution >= 0.6 is 11.3 Å². The van der Waals surface area contributed by atoms with E-state index in [0.717, 1.165) is 78.3 Å². The second kappa shape index (κ2) is 7.72. The quantitative estimate of drug-likeness (QED) is 0.748. The zero-order valence-corrected chi connectivity index (χ0v) is 16.9. The van der Waals surface area contributed by atoms with Crippen LogP contribution in [-0.2, 0) is 0 Å². The van der Waals surface area contributed by atoms with Gasteiger partial charge in [-0.05, 0) is 87.5 Å². The lowest BCUT2D eigenvalue weighted by atomic mass is 9.88. The molecule has 0 saturated carbocycles. The minimum Gasteiger partial charge on any atom is -0.338 e. The molecule has 3 heterocycles. The lowest BCUT2D eigenvalue weighted by Crippen LogP contribution is -2.29. The number of benzene rings is 1. The Bertz CT molecular complexity index is 833. The van der Waals surface area contributed by atoms with Crippen molar-refractivity contribution in [3.05, 3.63) is 46.1 Å². The van der Waals surface area contributed by atoms with Gasteiger partial charge in [0.25, 0.3) is 5.91 Å². The van der Waals surface area contributed by atoms with Gasteiger partial charge in [0.15, 0.2) is 0 Å². The summed E-state index contributed by atoms with van der Waals surface area (Å²) in [6, 6.07) is 7.66. The fourth-order valence-corrected chi connectivity index (χ4v) is 5.37. The van der Waals surface area contributed by atoms with Crippen molar-refractivity contribution in [2.24, 2.45) is 0 Å². The number of carbonyl (C=O) groups excluding carboxylic acids is 1. The molecule has 2 aliphatic heterocycles. The maximum atomic E-state index is 14.8. The van der Waals surface area contributed by atoms with Crippen LogP contribution in [0.2, 0.25) is 0 Å². The molecule has 2 aliphatic rings. The molecule has 0 atom stereocenters. The van der Waals surface area contributed by atoms with Crippen molar-refractivity contribution < 1.29 is 9.18 Å². The number of hydrogen-bond acceptors (Lipinski definition) is 3. The average Bonchev–Trinajstić information content (AvgIpc) is 3.32. The number of thiophene rings is 1. The average molecular weight is 387 g/mol. The van der Waals surface area contributed by atoms with Crippen molar-refractivity contribution >= 4 is 17.2 Å². The van der Waals surface area contributed by atoms with E-state index in [1.807, 2.05) is 30.0 Å². The summed E-state index contributed by atoms with van der Waals surface area (Å²) in [5.41, 5.74) is 2.71. The Kier molecular flexibility index (Phi) is 5.33. The lowest BCUT2D eigenvalue weighted by molar-refractivity contribution is 0.0797. The molecule has 0 radical (unpaired) electrons. The van der Waals surface area contributed by atoms with Gasteiger partial charge in [0.1, 0.15) is 5.82 Å². The summed E-state index contributed by atoms with van der Waals surface area (Å²) >= 11 is 1.49. The van der Waals surface area contributed by atoms with E-state index in [2.05, 4.69) is 11.9 Å². The van der Waals surface area contributed by atoms with Gasteiger partial charge < -0.3 is 9.80 Å². The fraction of sp³-hybridized carbons (Fsp3) is 0.500. The van der Waals surface area contributed by atoms with E-state index >= 15 is 0 Å². The van der Waals surface area contributed by atoms with E-state index in [1.165, 1.54) is 11.3 Å². The molecule has 0 unspecified atom stereocenters. The third kappa shape index (κ3) is 3.81. The molecule has 2 aromatic rings. The molecule has 1 amide bonds. The summed E-state index contributed by atoms with van der Waals surface area (Å²) in [5.74, 6) is 0.331. The predicted molar refractivity (Wildman–Crippen MR) is 109 cm³/mol. The SMILES string of the molecule is Cc1cc(-c2ccc(C3CCN(C)CC3)c(F)c2)sc1C(=O)N1CCCC1. The molecule has 27 heavy (non-hydrogen) atoms. The lowest BCUT2D eigenvalue weighted by Gasteiger charge is -2.29. The van der Waals surface area contributed by atoms with Crippen molar-refractivity contribution in [2.45, 2.75) is 38.5 Å². The first kappa shape index (κ1) is 18.6. The van der Waals surface area contributed by atoms with E-state index in [-0.39, 0.29) is 11.7 Å². The number of aryl methyl sites for hydroxylation is 1. The Balaban J connectivity index is 1.56. The van der Waals surface area contributed by atoms with E-state index < -0.39 is 0 Å². The monoisotopic (exact) mass is 386 g/mol. The van der Waals surface area contributed by atoms with E-state index in [9.17, 15) is 9.18 Å². The van der Waals surface area contributed by atoms with Gasteiger partial charge in [-0.15, -0.1) is 11.3 Å². The van der Waals surface area contributed by atoms with Crippen LogP contribution in [0.25, 0.3) is 10.4 Å². The van der Waals surface area contributed by atoms with Crippen LogP contribution in [0, 0.1) is 12.7 Å². The maximum Gasteiger partial charge on any atom is 0.264 e. The van der Waals surface area contributed by atoms with Crippen LogP contribution in [0.15, 0.2) is 24.3 Å². The van der Waals surface area contributed by atoms with Crippen molar-refractivity contribution in [1.82, 2.24) is 9.80 Å². The third-order valence-electron chi connectivity index (χ3n) is 5.95. The molecule has 0 bridgehead atoms. The van der Waals surface area contributed by atoms with Crippen molar-refractivity contribution in [1.29, 1.82) is 0 Å². The Morgan fingerprint density at radius 2 is 1.81 bits per heavy atom.